The molecule has 3 heterocycles. The van der Waals surface area contributed by atoms with E-state index >= 15 is 0 Å². The lowest BCUT2D eigenvalue weighted by Crippen LogP contribution is -2.32. The van der Waals surface area contributed by atoms with Crippen molar-refractivity contribution in [3.05, 3.63) is 34.5 Å². The van der Waals surface area contributed by atoms with Crippen molar-refractivity contribution in [2.45, 2.75) is 19.4 Å². The highest BCUT2D eigenvalue weighted by Gasteiger charge is 2.29. The minimum atomic E-state index is -0.191. The molecule has 1 aromatic heterocycles. The van der Waals surface area contributed by atoms with E-state index in [9.17, 15) is 4.79 Å². The van der Waals surface area contributed by atoms with Crippen LogP contribution in [-0.2, 0) is 9.53 Å². The maximum absolute atomic E-state index is 11.7. The standard InChI is InChI=1S/C18H20ClN5O3/c1-10-5-16(23-18(20)21-10)24-3-2-4-26-8-14(24)11-6-13-15(7-12(11)19)27-9-17(25)22-13/h5-7,14H,2-4,8-9H2,1H3,(H,22,25)(H2,20,21,23). The second kappa shape index (κ2) is 7.21. The number of nitrogens with two attached hydrogens (primary N) is 1. The molecule has 27 heavy (non-hydrogen) atoms. The Morgan fingerprint density at radius 3 is 3.00 bits per heavy atom. The molecule has 0 spiro atoms. The summed E-state index contributed by atoms with van der Waals surface area (Å²) in [4.78, 5) is 22.4. The molecule has 8 nitrogen and oxygen atoms in total. The van der Waals surface area contributed by atoms with Crippen molar-refractivity contribution in [2.75, 3.05) is 42.3 Å². The minimum Gasteiger partial charge on any atom is -0.482 e. The molecule has 1 atom stereocenters. The Morgan fingerprint density at radius 2 is 2.19 bits per heavy atom. The summed E-state index contributed by atoms with van der Waals surface area (Å²) in [5.74, 6) is 1.33. The van der Waals surface area contributed by atoms with Gasteiger partial charge in [0, 0.05) is 36.0 Å². The third-order valence-corrected chi connectivity index (χ3v) is 4.91. The Kier molecular flexibility index (Phi) is 4.75. The quantitative estimate of drug-likeness (QED) is 0.812. The van der Waals surface area contributed by atoms with Gasteiger partial charge in [-0.3, -0.25) is 4.79 Å². The number of amides is 1. The topological polar surface area (TPSA) is 103 Å². The van der Waals surface area contributed by atoms with E-state index < -0.39 is 0 Å². The van der Waals surface area contributed by atoms with Gasteiger partial charge in [0.2, 0.25) is 5.95 Å². The van der Waals surface area contributed by atoms with Crippen molar-refractivity contribution in [3.63, 3.8) is 0 Å². The first-order valence-corrected chi connectivity index (χ1v) is 9.10. The molecule has 0 radical (unpaired) electrons. The molecule has 9 heteroatoms. The zero-order valence-corrected chi connectivity index (χ0v) is 15.6. The first-order valence-electron chi connectivity index (χ1n) is 8.73. The summed E-state index contributed by atoms with van der Waals surface area (Å²) >= 11 is 6.57. The molecule has 1 saturated heterocycles. The van der Waals surface area contributed by atoms with Crippen LogP contribution in [0.3, 0.4) is 0 Å². The number of benzene rings is 1. The van der Waals surface area contributed by atoms with Gasteiger partial charge in [0.15, 0.2) is 6.61 Å². The molecule has 1 fully saturated rings. The first kappa shape index (κ1) is 17.8. The van der Waals surface area contributed by atoms with E-state index in [2.05, 4.69) is 20.2 Å². The fourth-order valence-corrected chi connectivity index (χ4v) is 3.68. The zero-order chi connectivity index (χ0) is 19.0. The van der Waals surface area contributed by atoms with Crippen LogP contribution < -0.4 is 20.7 Å². The van der Waals surface area contributed by atoms with Gasteiger partial charge in [-0.25, -0.2) is 4.98 Å². The molecule has 2 aromatic rings. The van der Waals surface area contributed by atoms with Gasteiger partial charge in [-0.15, -0.1) is 0 Å². The Hall–Kier alpha value is -2.58. The van der Waals surface area contributed by atoms with E-state index in [0.717, 1.165) is 30.0 Å². The van der Waals surface area contributed by atoms with Gasteiger partial charge in [-0.05, 0) is 25.0 Å². The van der Waals surface area contributed by atoms with Crippen molar-refractivity contribution >= 4 is 35.0 Å². The number of aryl methyl sites for hydroxylation is 1. The van der Waals surface area contributed by atoms with E-state index in [1.807, 2.05) is 19.1 Å². The highest BCUT2D eigenvalue weighted by molar-refractivity contribution is 6.31. The van der Waals surface area contributed by atoms with Crippen LogP contribution >= 0.6 is 11.6 Å². The van der Waals surface area contributed by atoms with Gasteiger partial charge in [-0.1, -0.05) is 11.6 Å². The lowest BCUT2D eigenvalue weighted by molar-refractivity contribution is -0.118. The summed E-state index contributed by atoms with van der Waals surface area (Å²) in [5.41, 5.74) is 8.08. The molecular weight excluding hydrogens is 370 g/mol. The molecule has 4 rings (SSSR count). The molecule has 0 saturated carbocycles. The smallest absolute Gasteiger partial charge is 0.262 e. The number of carbonyl (C=O) groups is 1. The number of nitrogens with zero attached hydrogens (tertiary/aromatic N) is 3. The fraction of sp³-hybridized carbons (Fsp3) is 0.389. The van der Waals surface area contributed by atoms with Crippen molar-refractivity contribution in [3.8, 4) is 5.75 Å². The monoisotopic (exact) mass is 389 g/mol. The van der Waals surface area contributed by atoms with Crippen molar-refractivity contribution in [1.29, 1.82) is 0 Å². The number of rotatable bonds is 2. The van der Waals surface area contributed by atoms with Crippen LogP contribution in [0.15, 0.2) is 18.2 Å². The molecule has 1 amide bonds. The summed E-state index contributed by atoms with van der Waals surface area (Å²) < 4.78 is 11.2. The van der Waals surface area contributed by atoms with Gasteiger partial charge < -0.3 is 25.4 Å². The minimum absolute atomic E-state index is 0.0131. The van der Waals surface area contributed by atoms with Crippen LogP contribution in [0.25, 0.3) is 0 Å². The van der Waals surface area contributed by atoms with Crippen molar-refractivity contribution in [1.82, 2.24) is 9.97 Å². The third kappa shape index (κ3) is 3.63. The van der Waals surface area contributed by atoms with E-state index in [1.165, 1.54) is 0 Å². The molecule has 0 aliphatic carbocycles. The molecule has 3 N–H and O–H groups in total. The second-order valence-corrected chi connectivity index (χ2v) is 6.98. The van der Waals surface area contributed by atoms with Crippen LogP contribution in [0.4, 0.5) is 17.5 Å². The first-order chi connectivity index (χ1) is 13.0. The predicted octanol–water partition coefficient (Wildman–Crippen LogP) is 2.32. The molecule has 2 aliphatic heterocycles. The number of halogens is 1. The number of nitrogens with one attached hydrogen (secondary N) is 1. The van der Waals surface area contributed by atoms with Crippen LogP contribution in [0.5, 0.6) is 5.75 Å². The summed E-state index contributed by atoms with van der Waals surface area (Å²) in [7, 11) is 0. The summed E-state index contributed by atoms with van der Waals surface area (Å²) in [6.45, 7) is 3.69. The number of hydrogen-bond donors (Lipinski definition) is 2. The number of anilines is 3. The van der Waals surface area contributed by atoms with Gasteiger partial charge in [0.1, 0.15) is 11.6 Å². The van der Waals surface area contributed by atoms with Gasteiger partial charge >= 0.3 is 0 Å². The molecule has 142 valence electrons. The van der Waals surface area contributed by atoms with Crippen LogP contribution in [0, 0.1) is 6.92 Å². The van der Waals surface area contributed by atoms with Gasteiger partial charge in [0.05, 0.1) is 18.3 Å². The number of nitrogen functional groups attached to an aromatic ring is 1. The third-order valence-electron chi connectivity index (χ3n) is 4.58. The maximum Gasteiger partial charge on any atom is 0.262 e. The van der Waals surface area contributed by atoms with Crippen LogP contribution in [0.1, 0.15) is 23.7 Å². The lowest BCUT2D eigenvalue weighted by Gasteiger charge is -2.32. The highest BCUT2D eigenvalue weighted by Crippen LogP contribution is 2.39. The molecule has 1 unspecified atom stereocenters. The fourth-order valence-electron chi connectivity index (χ4n) is 3.40. The lowest BCUT2D eigenvalue weighted by atomic mass is 10.0. The van der Waals surface area contributed by atoms with Crippen LogP contribution in [-0.4, -0.2) is 42.2 Å². The Morgan fingerprint density at radius 1 is 1.33 bits per heavy atom. The zero-order valence-electron chi connectivity index (χ0n) is 14.9. The van der Waals surface area contributed by atoms with E-state index in [1.54, 1.807) is 6.07 Å². The van der Waals surface area contributed by atoms with Gasteiger partial charge in [0.25, 0.3) is 5.91 Å². The summed E-state index contributed by atoms with van der Waals surface area (Å²) in [6, 6.07) is 5.29. The molecular formula is C18H20ClN5O3. The molecule has 0 bridgehead atoms. The van der Waals surface area contributed by atoms with E-state index in [4.69, 9.17) is 26.8 Å². The van der Waals surface area contributed by atoms with Crippen LogP contribution in [0.2, 0.25) is 5.02 Å². The maximum atomic E-state index is 11.7. The Labute approximate surface area is 161 Å². The Balaban J connectivity index is 1.77. The largest absolute Gasteiger partial charge is 0.482 e. The Bertz CT molecular complexity index is 871. The SMILES string of the molecule is Cc1cc(N2CCCOCC2c2cc3c(cc2Cl)OCC(=O)N3)nc(N)n1. The molecule has 2 aliphatic rings. The summed E-state index contributed by atoms with van der Waals surface area (Å²) in [6.07, 6.45) is 0.849. The predicted molar refractivity (Wildman–Crippen MR) is 102 cm³/mol. The number of fused-ring (bicyclic) bond motifs is 1. The number of ether oxygens (including phenoxy) is 2. The number of carbonyl (C=O) groups excluding carboxylic acids is 1. The number of hydrogen-bond acceptors (Lipinski definition) is 7. The van der Waals surface area contributed by atoms with Gasteiger partial charge in [-0.2, -0.15) is 4.98 Å². The molecule has 1 aromatic carbocycles. The normalized spacial score (nSPS) is 19.7. The average molecular weight is 390 g/mol. The van der Waals surface area contributed by atoms with Crippen molar-refractivity contribution < 1.29 is 14.3 Å². The van der Waals surface area contributed by atoms with E-state index in [-0.39, 0.29) is 24.5 Å². The average Bonchev–Trinajstić information content (AvgIpc) is 2.86. The number of aromatic nitrogens is 2. The second-order valence-electron chi connectivity index (χ2n) is 6.57. The van der Waals surface area contributed by atoms with Crippen molar-refractivity contribution in [2.24, 2.45) is 0 Å². The van der Waals surface area contributed by atoms with E-state index in [0.29, 0.717) is 29.7 Å². The highest BCUT2D eigenvalue weighted by atomic mass is 35.5. The summed E-state index contributed by atoms with van der Waals surface area (Å²) in [5, 5.41) is 3.37.